The number of primary amides is 1. The predicted molar refractivity (Wildman–Crippen MR) is 151 cm³/mol. The fourth-order valence-electron chi connectivity index (χ4n) is 8.79. The van der Waals surface area contributed by atoms with Crippen LogP contribution in [0, 0.1) is 34.5 Å². The van der Waals surface area contributed by atoms with Gasteiger partial charge in [0, 0.05) is 16.5 Å². The Morgan fingerprint density at radius 2 is 1.79 bits per heavy atom. The van der Waals surface area contributed by atoms with E-state index in [1.54, 1.807) is 52.0 Å². The van der Waals surface area contributed by atoms with Gasteiger partial charge in [-0.15, -0.1) is 0 Å². The molecule has 2 saturated carbocycles. The van der Waals surface area contributed by atoms with Gasteiger partial charge in [0.15, 0.2) is 17.2 Å². The summed E-state index contributed by atoms with van der Waals surface area (Å²) >= 11 is 0. The number of aliphatic hydroxyl groups excluding tert-OH is 2. The van der Waals surface area contributed by atoms with E-state index in [0.29, 0.717) is 34.3 Å². The zero-order valence-electron chi connectivity index (χ0n) is 24.2. The number of hydrogen-bond donors (Lipinski definition) is 5. The number of aldehydes is 1. The zero-order valence-corrected chi connectivity index (χ0v) is 24.2. The Kier molecular flexibility index (Phi) is 6.91. The second-order valence-electron chi connectivity index (χ2n) is 13.0. The Morgan fingerprint density at radius 1 is 1.12 bits per heavy atom. The number of phenols is 1. The SMILES string of the molecule is COc1ccc(C=O)cc1-c1ccc(O)c2c1C[C@]1(C)C[C@]3(C)[C@@H](C(C)C)C(O)[C@@H](C(N)=O)C(=O)[C@]3(O)C(O)[C@H]1C2=O. The predicted octanol–water partition coefficient (Wildman–Crippen LogP) is 2.06. The first-order valence-electron chi connectivity index (χ1n) is 14.0. The van der Waals surface area contributed by atoms with Gasteiger partial charge in [0.2, 0.25) is 5.91 Å². The topological polar surface area (TPSA) is 184 Å². The summed E-state index contributed by atoms with van der Waals surface area (Å²) in [6, 6.07) is 7.84. The van der Waals surface area contributed by atoms with Crippen LogP contribution in [-0.2, 0) is 16.0 Å². The van der Waals surface area contributed by atoms with Crippen molar-refractivity contribution in [3.05, 3.63) is 47.0 Å². The summed E-state index contributed by atoms with van der Waals surface area (Å²) in [6.45, 7) is 6.98. The molecular weight excluding hydrogens is 542 g/mol. The molecule has 6 N–H and O–H groups in total. The minimum Gasteiger partial charge on any atom is -0.507 e. The number of Topliss-reactive ketones (excluding diaryl/α,β-unsaturated/α-hetero) is 2. The summed E-state index contributed by atoms with van der Waals surface area (Å²) in [6.07, 6.45) is -2.60. The van der Waals surface area contributed by atoms with Crippen molar-refractivity contribution in [3.8, 4) is 22.6 Å². The lowest BCUT2D eigenvalue weighted by Gasteiger charge is -2.66. The molecule has 2 aromatic carbocycles. The van der Waals surface area contributed by atoms with E-state index in [2.05, 4.69) is 0 Å². The van der Waals surface area contributed by atoms with Crippen molar-refractivity contribution in [2.75, 3.05) is 7.11 Å². The summed E-state index contributed by atoms with van der Waals surface area (Å²) in [4.78, 5) is 52.1. The van der Waals surface area contributed by atoms with Crippen LogP contribution in [0.15, 0.2) is 30.3 Å². The first-order valence-corrected chi connectivity index (χ1v) is 14.0. The summed E-state index contributed by atoms with van der Waals surface area (Å²) in [5, 5.41) is 46.4. The first kappa shape index (κ1) is 29.9. The molecule has 0 spiro atoms. The number of ketones is 2. The van der Waals surface area contributed by atoms with E-state index in [1.807, 2.05) is 0 Å². The molecule has 3 aliphatic carbocycles. The number of hydrogen-bond acceptors (Lipinski definition) is 9. The van der Waals surface area contributed by atoms with Crippen molar-refractivity contribution in [1.29, 1.82) is 0 Å². The maximum atomic E-state index is 14.3. The third kappa shape index (κ3) is 3.74. The quantitative estimate of drug-likeness (QED) is 0.261. The van der Waals surface area contributed by atoms with Crippen molar-refractivity contribution in [2.45, 2.75) is 58.3 Å². The van der Waals surface area contributed by atoms with Gasteiger partial charge in [0.25, 0.3) is 0 Å². The second kappa shape index (κ2) is 9.72. The molecule has 10 nitrogen and oxygen atoms in total. The minimum atomic E-state index is -2.58. The normalized spacial score (nSPS) is 35.7. The third-order valence-electron chi connectivity index (χ3n) is 10.3. The fraction of sp³-hybridized carbons (Fsp3) is 0.500. The monoisotopic (exact) mass is 579 g/mol. The lowest BCUT2D eigenvalue weighted by molar-refractivity contribution is -0.265. The molecule has 2 fully saturated rings. The van der Waals surface area contributed by atoms with Gasteiger partial charge in [-0.3, -0.25) is 19.2 Å². The minimum absolute atomic E-state index is 0.0289. The van der Waals surface area contributed by atoms with Gasteiger partial charge in [0.05, 0.1) is 24.7 Å². The second-order valence-corrected chi connectivity index (χ2v) is 13.0. The zero-order chi connectivity index (χ0) is 31.1. The molecule has 42 heavy (non-hydrogen) atoms. The molecule has 5 rings (SSSR count). The highest BCUT2D eigenvalue weighted by Crippen LogP contribution is 2.66. The maximum absolute atomic E-state index is 14.3. The summed E-state index contributed by atoms with van der Waals surface area (Å²) in [5.41, 5.74) is 2.29. The Morgan fingerprint density at radius 3 is 2.36 bits per heavy atom. The number of aromatic hydroxyl groups is 1. The molecule has 224 valence electrons. The van der Waals surface area contributed by atoms with Gasteiger partial charge in [-0.25, -0.2) is 0 Å². The molecule has 3 aliphatic rings. The van der Waals surface area contributed by atoms with E-state index in [0.717, 1.165) is 0 Å². The first-order chi connectivity index (χ1) is 19.6. The average Bonchev–Trinajstić information content (AvgIpc) is 2.90. The van der Waals surface area contributed by atoms with Crippen LogP contribution in [0.4, 0.5) is 0 Å². The van der Waals surface area contributed by atoms with Gasteiger partial charge < -0.3 is 30.9 Å². The Labute approximate surface area is 243 Å². The number of phenolic OH excluding ortho intramolecular Hbond substituents is 1. The fourth-order valence-corrected chi connectivity index (χ4v) is 8.79. The number of nitrogens with two attached hydrogens (primary N) is 1. The molecule has 0 aromatic heterocycles. The summed E-state index contributed by atoms with van der Waals surface area (Å²) in [7, 11) is 1.48. The highest BCUT2D eigenvalue weighted by atomic mass is 16.5. The lowest BCUT2D eigenvalue weighted by Crippen LogP contribution is -2.79. The molecular formula is C32H37NO9. The van der Waals surface area contributed by atoms with E-state index < -0.39 is 63.9 Å². The van der Waals surface area contributed by atoms with Gasteiger partial charge in [-0.05, 0) is 65.5 Å². The number of ether oxygens (including phenoxy) is 1. The molecule has 0 saturated heterocycles. The highest BCUT2D eigenvalue weighted by Gasteiger charge is 2.75. The van der Waals surface area contributed by atoms with Crippen LogP contribution in [0.3, 0.4) is 0 Å². The van der Waals surface area contributed by atoms with E-state index in [-0.39, 0.29) is 30.1 Å². The number of benzene rings is 2. The largest absolute Gasteiger partial charge is 0.507 e. The number of carbonyl (C=O) groups excluding carboxylic acids is 4. The molecule has 0 radical (unpaired) electrons. The van der Waals surface area contributed by atoms with Gasteiger partial charge in [-0.1, -0.05) is 33.8 Å². The Balaban J connectivity index is 1.75. The maximum Gasteiger partial charge on any atom is 0.230 e. The van der Waals surface area contributed by atoms with Crippen molar-refractivity contribution in [2.24, 2.45) is 40.2 Å². The van der Waals surface area contributed by atoms with Gasteiger partial charge >= 0.3 is 0 Å². The molecule has 8 atom stereocenters. The molecule has 0 heterocycles. The van der Waals surface area contributed by atoms with Crippen molar-refractivity contribution >= 4 is 23.8 Å². The van der Waals surface area contributed by atoms with Crippen LogP contribution in [0.2, 0.25) is 0 Å². The average molecular weight is 580 g/mol. The van der Waals surface area contributed by atoms with Crippen LogP contribution >= 0.6 is 0 Å². The molecule has 10 heteroatoms. The molecule has 2 aromatic rings. The number of amides is 1. The van der Waals surface area contributed by atoms with Crippen LogP contribution in [0.5, 0.6) is 11.5 Å². The highest BCUT2D eigenvalue weighted by molar-refractivity contribution is 6.09. The van der Waals surface area contributed by atoms with Crippen LogP contribution < -0.4 is 10.5 Å². The third-order valence-corrected chi connectivity index (χ3v) is 10.3. The summed E-state index contributed by atoms with van der Waals surface area (Å²) in [5.74, 6) is -7.06. The number of aliphatic hydroxyl groups is 3. The van der Waals surface area contributed by atoms with E-state index in [4.69, 9.17) is 10.5 Å². The van der Waals surface area contributed by atoms with Gasteiger partial charge in [-0.2, -0.15) is 0 Å². The van der Waals surface area contributed by atoms with E-state index in [1.165, 1.54) is 13.2 Å². The number of methoxy groups -OCH3 is 1. The smallest absolute Gasteiger partial charge is 0.230 e. The molecule has 0 aliphatic heterocycles. The van der Waals surface area contributed by atoms with Gasteiger partial charge in [0.1, 0.15) is 29.8 Å². The molecule has 1 amide bonds. The van der Waals surface area contributed by atoms with Crippen LogP contribution in [0.25, 0.3) is 11.1 Å². The number of rotatable bonds is 5. The standard InChI is InChI=1S/C32H37NO9/c1-14(2)23-26(37)22(29(33)40)27(38)32(41)28(39)24-25(36)21-18(11-30(24,3)13-31(23,32)4)16(7-8-19(21)35)17-10-15(12-34)6-9-20(17)42-5/h6-10,12,14,22-24,26,28,35,37,39,41H,11,13H2,1-5H3,(H2,33,40)/t22-,23+,24-,26?,28?,30-,31-,32+/m1/s1. The van der Waals surface area contributed by atoms with Crippen molar-refractivity contribution < 1.29 is 44.3 Å². The molecule has 2 unspecified atom stereocenters. The van der Waals surface area contributed by atoms with Crippen molar-refractivity contribution in [3.63, 3.8) is 0 Å². The van der Waals surface area contributed by atoms with Crippen LogP contribution in [-0.4, -0.2) is 69.1 Å². The number of carbonyl (C=O) groups is 4. The number of fused-ring (bicyclic) bond motifs is 3. The Hall–Kier alpha value is -3.60. The van der Waals surface area contributed by atoms with Crippen molar-refractivity contribution in [1.82, 2.24) is 0 Å². The lowest BCUT2D eigenvalue weighted by atomic mass is 9.39. The van der Waals surface area contributed by atoms with E-state index >= 15 is 0 Å². The molecule has 0 bridgehead atoms. The van der Waals surface area contributed by atoms with E-state index in [9.17, 15) is 39.6 Å². The Bertz CT molecular complexity index is 1520. The summed E-state index contributed by atoms with van der Waals surface area (Å²) < 4.78 is 5.55. The van der Waals surface area contributed by atoms with Crippen LogP contribution in [0.1, 0.15) is 60.4 Å².